The molecule has 27 heavy (non-hydrogen) atoms. The normalized spacial score (nSPS) is 12.6. The molecule has 0 spiro atoms. The van der Waals surface area contributed by atoms with Crippen molar-refractivity contribution in [2.45, 2.75) is 58.8 Å². The summed E-state index contributed by atoms with van der Waals surface area (Å²) in [6.07, 6.45) is 9.12. The molecule has 0 aromatic heterocycles. The lowest BCUT2D eigenvalue weighted by atomic mass is 9.94. The second-order valence-corrected chi connectivity index (χ2v) is 6.70. The fourth-order valence-electron chi connectivity index (χ4n) is 2.82. The molecule has 0 saturated carbocycles. The van der Waals surface area contributed by atoms with Crippen LogP contribution in [0.2, 0.25) is 0 Å². The van der Waals surface area contributed by atoms with E-state index in [0.29, 0.717) is 59.5 Å². The Bertz CT molecular complexity index is 265. The molecule has 0 aliphatic rings. The first-order valence-corrected chi connectivity index (χ1v) is 10.8. The maximum atomic E-state index is 8.54. The Morgan fingerprint density at radius 2 is 1.04 bits per heavy atom. The van der Waals surface area contributed by atoms with Gasteiger partial charge in [0.15, 0.2) is 0 Å². The molecular weight excluding hydrogens is 348 g/mol. The summed E-state index contributed by atoms with van der Waals surface area (Å²) in [5.41, 5.74) is 0. The molecule has 0 radical (unpaired) electrons. The Labute approximate surface area is 166 Å². The highest BCUT2D eigenvalue weighted by atomic mass is 16.6. The van der Waals surface area contributed by atoms with Gasteiger partial charge >= 0.3 is 0 Å². The molecule has 1 unspecified atom stereocenters. The maximum Gasteiger partial charge on any atom is 0.0701 e. The predicted molar refractivity (Wildman–Crippen MR) is 108 cm³/mol. The van der Waals surface area contributed by atoms with Crippen molar-refractivity contribution in [3.05, 3.63) is 0 Å². The van der Waals surface area contributed by atoms with Crippen LogP contribution in [0.1, 0.15) is 58.8 Å². The quantitative estimate of drug-likeness (QED) is 0.269. The van der Waals surface area contributed by atoms with Gasteiger partial charge in [-0.3, -0.25) is 0 Å². The van der Waals surface area contributed by atoms with E-state index < -0.39 is 0 Å². The van der Waals surface area contributed by atoms with Crippen molar-refractivity contribution < 1.29 is 28.8 Å². The number of ether oxygens (including phenoxy) is 5. The lowest BCUT2D eigenvalue weighted by molar-refractivity contribution is -0.0134. The van der Waals surface area contributed by atoms with E-state index in [1.807, 2.05) is 0 Å². The third-order valence-electron chi connectivity index (χ3n) is 4.40. The van der Waals surface area contributed by atoms with Crippen LogP contribution in [0, 0.1) is 5.92 Å². The van der Waals surface area contributed by atoms with Gasteiger partial charge in [-0.1, -0.05) is 52.4 Å². The van der Waals surface area contributed by atoms with Crippen LogP contribution in [0.3, 0.4) is 0 Å². The van der Waals surface area contributed by atoms with Gasteiger partial charge in [0.1, 0.15) is 0 Å². The Kier molecular flexibility index (Phi) is 23.6. The average Bonchev–Trinajstić information content (AvgIpc) is 2.68. The summed E-state index contributed by atoms with van der Waals surface area (Å²) < 4.78 is 26.9. The Morgan fingerprint density at radius 1 is 0.556 bits per heavy atom. The van der Waals surface area contributed by atoms with Crippen LogP contribution in [0.5, 0.6) is 0 Å². The van der Waals surface area contributed by atoms with E-state index in [1.54, 1.807) is 0 Å². The summed E-state index contributed by atoms with van der Waals surface area (Å²) in [7, 11) is 0. The minimum Gasteiger partial charge on any atom is -0.394 e. The predicted octanol–water partition coefficient (Wildman–Crippen LogP) is 3.45. The summed E-state index contributed by atoms with van der Waals surface area (Å²) in [4.78, 5) is 0. The van der Waals surface area contributed by atoms with Crippen molar-refractivity contribution >= 4 is 0 Å². The molecule has 0 amide bonds. The van der Waals surface area contributed by atoms with Gasteiger partial charge in [0.25, 0.3) is 0 Å². The van der Waals surface area contributed by atoms with Crippen LogP contribution in [-0.4, -0.2) is 77.8 Å². The van der Waals surface area contributed by atoms with Gasteiger partial charge in [-0.05, 0) is 12.3 Å². The van der Waals surface area contributed by atoms with Gasteiger partial charge in [0.2, 0.25) is 0 Å². The van der Waals surface area contributed by atoms with E-state index in [0.717, 1.165) is 18.9 Å². The Morgan fingerprint density at radius 3 is 1.48 bits per heavy atom. The monoisotopic (exact) mass is 392 g/mol. The third-order valence-corrected chi connectivity index (χ3v) is 4.40. The van der Waals surface area contributed by atoms with Crippen molar-refractivity contribution in [2.24, 2.45) is 5.92 Å². The number of aliphatic hydroxyl groups is 1. The largest absolute Gasteiger partial charge is 0.394 e. The minimum atomic E-state index is 0.0483. The van der Waals surface area contributed by atoms with Gasteiger partial charge in [0.05, 0.1) is 66.1 Å². The lowest BCUT2D eigenvalue weighted by Crippen LogP contribution is -2.13. The first-order chi connectivity index (χ1) is 13.3. The van der Waals surface area contributed by atoms with Crippen LogP contribution in [-0.2, 0) is 23.7 Å². The zero-order chi connectivity index (χ0) is 19.8. The second-order valence-electron chi connectivity index (χ2n) is 6.70. The highest BCUT2D eigenvalue weighted by Crippen LogP contribution is 2.18. The Hall–Kier alpha value is -0.240. The average molecular weight is 393 g/mol. The lowest BCUT2D eigenvalue weighted by Gasteiger charge is -2.13. The highest BCUT2D eigenvalue weighted by molar-refractivity contribution is 4.57. The number of rotatable bonds is 23. The molecule has 0 saturated heterocycles. The Balaban J connectivity index is 3.07. The molecule has 0 aromatic rings. The number of hydrogen-bond donors (Lipinski definition) is 1. The smallest absolute Gasteiger partial charge is 0.0701 e. The fraction of sp³-hybridized carbons (Fsp3) is 1.00. The zero-order valence-corrected chi connectivity index (χ0v) is 17.8. The van der Waals surface area contributed by atoms with Crippen LogP contribution < -0.4 is 0 Å². The van der Waals surface area contributed by atoms with E-state index in [4.69, 9.17) is 28.8 Å². The summed E-state index contributed by atoms with van der Waals surface area (Å²) in [6.45, 7) is 10.4. The van der Waals surface area contributed by atoms with E-state index in [1.165, 1.54) is 38.5 Å². The number of hydrogen-bond acceptors (Lipinski definition) is 6. The molecule has 0 aromatic carbocycles. The molecule has 164 valence electrons. The SMILES string of the molecule is CCCC(CC)CCCCCOCCOCCOCCOCCOCCO. The molecule has 0 heterocycles. The molecule has 6 nitrogen and oxygen atoms in total. The van der Waals surface area contributed by atoms with Crippen LogP contribution >= 0.6 is 0 Å². The van der Waals surface area contributed by atoms with Crippen molar-refractivity contribution in [2.75, 3.05) is 72.7 Å². The first kappa shape index (κ1) is 26.8. The summed E-state index contributed by atoms with van der Waals surface area (Å²) in [5, 5.41) is 8.54. The summed E-state index contributed by atoms with van der Waals surface area (Å²) in [5.74, 6) is 0.920. The van der Waals surface area contributed by atoms with Gasteiger partial charge in [-0.25, -0.2) is 0 Å². The first-order valence-electron chi connectivity index (χ1n) is 10.8. The number of aliphatic hydroxyl groups excluding tert-OH is 1. The van der Waals surface area contributed by atoms with Crippen molar-refractivity contribution in [3.63, 3.8) is 0 Å². The third kappa shape index (κ3) is 21.9. The fourth-order valence-corrected chi connectivity index (χ4v) is 2.82. The molecule has 0 fully saturated rings. The molecule has 0 aliphatic carbocycles. The van der Waals surface area contributed by atoms with Crippen molar-refractivity contribution in [1.82, 2.24) is 0 Å². The van der Waals surface area contributed by atoms with Gasteiger partial charge in [-0.15, -0.1) is 0 Å². The molecule has 1 atom stereocenters. The van der Waals surface area contributed by atoms with Crippen molar-refractivity contribution in [3.8, 4) is 0 Å². The maximum absolute atomic E-state index is 8.54. The van der Waals surface area contributed by atoms with E-state index in [9.17, 15) is 0 Å². The van der Waals surface area contributed by atoms with Crippen molar-refractivity contribution in [1.29, 1.82) is 0 Å². The molecular formula is C21H44O6. The molecule has 6 heteroatoms. The topological polar surface area (TPSA) is 66.4 Å². The second kappa shape index (κ2) is 23.8. The van der Waals surface area contributed by atoms with E-state index in [-0.39, 0.29) is 6.61 Å². The van der Waals surface area contributed by atoms with Gasteiger partial charge < -0.3 is 28.8 Å². The van der Waals surface area contributed by atoms with E-state index >= 15 is 0 Å². The van der Waals surface area contributed by atoms with E-state index in [2.05, 4.69) is 13.8 Å². The van der Waals surface area contributed by atoms with Crippen LogP contribution in [0.4, 0.5) is 0 Å². The zero-order valence-electron chi connectivity index (χ0n) is 17.8. The molecule has 0 aliphatic heterocycles. The van der Waals surface area contributed by atoms with Crippen LogP contribution in [0.15, 0.2) is 0 Å². The standard InChI is InChI=1S/C21H44O6/c1-3-8-21(4-2)9-6-5-7-11-23-13-15-25-17-19-27-20-18-26-16-14-24-12-10-22/h21-22H,3-20H2,1-2H3. The summed E-state index contributed by atoms with van der Waals surface area (Å²) in [6, 6.07) is 0. The number of unbranched alkanes of at least 4 members (excludes halogenated alkanes) is 2. The minimum absolute atomic E-state index is 0.0483. The highest BCUT2D eigenvalue weighted by Gasteiger charge is 2.04. The molecule has 0 bridgehead atoms. The molecule has 1 N–H and O–H groups in total. The van der Waals surface area contributed by atoms with Gasteiger partial charge in [0, 0.05) is 6.61 Å². The van der Waals surface area contributed by atoms with Crippen LogP contribution in [0.25, 0.3) is 0 Å². The van der Waals surface area contributed by atoms with Gasteiger partial charge in [-0.2, -0.15) is 0 Å². The molecule has 0 rings (SSSR count). The summed E-state index contributed by atoms with van der Waals surface area (Å²) >= 11 is 0.